The lowest BCUT2D eigenvalue weighted by atomic mass is 10.5. The van der Waals surface area contributed by atoms with Gasteiger partial charge in [0.25, 0.3) is 0 Å². The zero-order valence-electron chi connectivity index (χ0n) is 10.9. The van der Waals surface area contributed by atoms with E-state index < -0.39 is 0 Å². The molecule has 0 aliphatic rings. The van der Waals surface area contributed by atoms with Crippen LogP contribution in [-0.4, -0.2) is 52.6 Å². The second kappa shape index (κ2) is 14.8. The summed E-state index contributed by atoms with van der Waals surface area (Å²) in [5.74, 6) is 0. The molecule has 0 rings (SSSR count). The van der Waals surface area contributed by atoms with Crippen LogP contribution < -0.4 is 10.6 Å². The molecular formula is C12H28N2O2. The molecule has 0 aliphatic heterocycles. The van der Waals surface area contributed by atoms with Gasteiger partial charge >= 0.3 is 0 Å². The van der Waals surface area contributed by atoms with Gasteiger partial charge in [-0.3, -0.25) is 0 Å². The molecule has 0 saturated heterocycles. The number of rotatable bonds is 13. The Hall–Kier alpha value is -0.160. The molecule has 0 amide bonds. The van der Waals surface area contributed by atoms with Crippen molar-refractivity contribution >= 4 is 0 Å². The first-order chi connectivity index (χ1) is 7.91. The van der Waals surface area contributed by atoms with Gasteiger partial charge in [0.1, 0.15) is 0 Å². The lowest BCUT2D eigenvalue weighted by Crippen LogP contribution is -2.23. The molecule has 0 bridgehead atoms. The van der Waals surface area contributed by atoms with Gasteiger partial charge in [0.05, 0.1) is 26.4 Å². The van der Waals surface area contributed by atoms with Gasteiger partial charge < -0.3 is 20.1 Å². The number of ether oxygens (including phenoxy) is 2. The highest BCUT2D eigenvalue weighted by Crippen LogP contribution is 1.79. The van der Waals surface area contributed by atoms with E-state index in [2.05, 4.69) is 24.5 Å². The number of hydrogen-bond donors (Lipinski definition) is 2. The maximum absolute atomic E-state index is 5.40. The van der Waals surface area contributed by atoms with Crippen molar-refractivity contribution in [2.75, 3.05) is 52.6 Å². The average molecular weight is 232 g/mol. The van der Waals surface area contributed by atoms with E-state index in [4.69, 9.17) is 9.47 Å². The minimum Gasteiger partial charge on any atom is -0.378 e. The third-order valence-corrected chi connectivity index (χ3v) is 2.07. The van der Waals surface area contributed by atoms with E-state index >= 15 is 0 Å². The van der Waals surface area contributed by atoms with E-state index in [0.29, 0.717) is 13.2 Å². The summed E-state index contributed by atoms with van der Waals surface area (Å²) >= 11 is 0. The van der Waals surface area contributed by atoms with Gasteiger partial charge in [-0.05, 0) is 25.9 Å². The minimum absolute atomic E-state index is 0.696. The summed E-state index contributed by atoms with van der Waals surface area (Å²) in [4.78, 5) is 0. The third kappa shape index (κ3) is 13.8. The predicted octanol–water partition coefficient (Wildman–Crippen LogP) is 1.02. The second-order valence-corrected chi connectivity index (χ2v) is 3.72. The molecule has 4 heteroatoms. The van der Waals surface area contributed by atoms with Crippen LogP contribution in [0, 0.1) is 0 Å². The molecule has 0 atom stereocenters. The van der Waals surface area contributed by atoms with Gasteiger partial charge in [-0.15, -0.1) is 0 Å². The maximum atomic E-state index is 5.40. The quantitative estimate of drug-likeness (QED) is 0.465. The Labute approximate surface area is 100 Å². The smallest absolute Gasteiger partial charge is 0.0701 e. The van der Waals surface area contributed by atoms with Crippen molar-refractivity contribution < 1.29 is 9.47 Å². The van der Waals surface area contributed by atoms with Crippen molar-refractivity contribution in [3.8, 4) is 0 Å². The van der Waals surface area contributed by atoms with Crippen LogP contribution in [0.3, 0.4) is 0 Å². The van der Waals surface area contributed by atoms with Crippen LogP contribution in [0.5, 0.6) is 0 Å². The van der Waals surface area contributed by atoms with Crippen LogP contribution in [0.25, 0.3) is 0 Å². The van der Waals surface area contributed by atoms with Crippen LogP contribution in [0.4, 0.5) is 0 Å². The SMILES string of the molecule is CCCNCCOCCOCCNCCC. The molecule has 0 aliphatic carbocycles. The minimum atomic E-state index is 0.696. The van der Waals surface area contributed by atoms with E-state index in [1.165, 1.54) is 12.8 Å². The Balaban J connectivity index is 2.83. The fourth-order valence-corrected chi connectivity index (χ4v) is 1.21. The van der Waals surface area contributed by atoms with Crippen LogP contribution in [0.15, 0.2) is 0 Å². The van der Waals surface area contributed by atoms with Crippen molar-refractivity contribution in [2.45, 2.75) is 26.7 Å². The molecule has 4 nitrogen and oxygen atoms in total. The van der Waals surface area contributed by atoms with E-state index in [0.717, 1.165) is 39.4 Å². The Morgan fingerprint density at radius 1 is 0.625 bits per heavy atom. The zero-order valence-corrected chi connectivity index (χ0v) is 10.9. The van der Waals surface area contributed by atoms with Crippen molar-refractivity contribution in [1.82, 2.24) is 10.6 Å². The molecule has 0 heterocycles. The summed E-state index contributed by atoms with van der Waals surface area (Å²) in [6, 6.07) is 0. The van der Waals surface area contributed by atoms with Gasteiger partial charge in [0, 0.05) is 13.1 Å². The lowest BCUT2D eigenvalue weighted by molar-refractivity contribution is 0.0500. The molecule has 0 aromatic carbocycles. The normalized spacial score (nSPS) is 10.9. The second-order valence-electron chi connectivity index (χ2n) is 3.72. The summed E-state index contributed by atoms with van der Waals surface area (Å²) in [7, 11) is 0. The summed E-state index contributed by atoms with van der Waals surface area (Å²) in [6.45, 7) is 11.3. The molecule has 16 heavy (non-hydrogen) atoms. The molecule has 0 aromatic heterocycles. The fourth-order valence-electron chi connectivity index (χ4n) is 1.21. The predicted molar refractivity (Wildman–Crippen MR) is 68.0 cm³/mol. The topological polar surface area (TPSA) is 42.5 Å². The Bertz CT molecular complexity index is 110. The van der Waals surface area contributed by atoms with Crippen molar-refractivity contribution in [3.05, 3.63) is 0 Å². The van der Waals surface area contributed by atoms with E-state index in [1.807, 2.05) is 0 Å². The van der Waals surface area contributed by atoms with Gasteiger partial charge in [-0.1, -0.05) is 13.8 Å². The summed E-state index contributed by atoms with van der Waals surface area (Å²) in [5.41, 5.74) is 0. The van der Waals surface area contributed by atoms with Gasteiger partial charge in [-0.25, -0.2) is 0 Å². The van der Waals surface area contributed by atoms with Crippen LogP contribution in [0.2, 0.25) is 0 Å². The maximum Gasteiger partial charge on any atom is 0.0701 e. The van der Waals surface area contributed by atoms with E-state index in [1.54, 1.807) is 0 Å². The van der Waals surface area contributed by atoms with E-state index in [9.17, 15) is 0 Å². The van der Waals surface area contributed by atoms with Crippen LogP contribution in [0.1, 0.15) is 26.7 Å². The standard InChI is InChI=1S/C12H28N2O2/c1-3-5-13-7-9-15-11-12-16-10-8-14-6-4-2/h13-14H,3-12H2,1-2H3. The molecule has 0 fully saturated rings. The first-order valence-electron chi connectivity index (χ1n) is 6.48. The monoisotopic (exact) mass is 232 g/mol. The third-order valence-electron chi connectivity index (χ3n) is 2.07. The molecule has 98 valence electrons. The molecule has 0 spiro atoms. The highest BCUT2D eigenvalue weighted by molar-refractivity contribution is 4.45. The molecule has 2 N–H and O–H groups in total. The highest BCUT2D eigenvalue weighted by atomic mass is 16.5. The van der Waals surface area contributed by atoms with Gasteiger partial charge in [0.15, 0.2) is 0 Å². The van der Waals surface area contributed by atoms with Crippen molar-refractivity contribution in [2.24, 2.45) is 0 Å². The van der Waals surface area contributed by atoms with Crippen molar-refractivity contribution in [1.29, 1.82) is 0 Å². The zero-order chi connectivity index (χ0) is 11.9. The molecular weight excluding hydrogens is 204 g/mol. The Kier molecular flexibility index (Phi) is 14.7. The molecule has 0 unspecified atom stereocenters. The summed E-state index contributed by atoms with van der Waals surface area (Å²) < 4.78 is 10.8. The Morgan fingerprint density at radius 3 is 1.44 bits per heavy atom. The lowest BCUT2D eigenvalue weighted by Gasteiger charge is -2.07. The number of hydrogen-bond acceptors (Lipinski definition) is 4. The summed E-state index contributed by atoms with van der Waals surface area (Å²) in [5, 5.41) is 6.57. The van der Waals surface area contributed by atoms with Crippen LogP contribution >= 0.6 is 0 Å². The van der Waals surface area contributed by atoms with Crippen molar-refractivity contribution in [3.63, 3.8) is 0 Å². The molecule has 0 saturated carbocycles. The van der Waals surface area contributed by atoms with Gasteiger partial charge in [-0.2, -0.15) is 0 Å². The largest absolute Gasteiger partial charge is 0.378 e. The van der Waals surface area contributed by atoms with Gasteiger partial charge in [0.2, 0.25) is 0 Å². The molecule has 0 radical (unpaired) electrons. The van der Waals surface area contributed by atoms with Crippen LogP contribution in [-0.2, 0) is 9.47 Å². The highest BCUT2D eigenvalue weighted by Gasteiger charge is 1.90. The first kappa shape index (κ1) is 15.8. The number of nitrogens with one attached hydrogen (secondary N) is 2. The summed E-state index contributed by atoms with van der Waals surface area (Å²) in [6.07, 6.45) is 2.35. The fraction of sp³-hybridized carbons (Fsp3) is 1.00. The molecule has 0 aromatic rings. The average Bonchev–Trinajstić information content (AvgIpc) is 2.31. The Morgan fingerprint density at radius 2 is 1.06 bits per heavy atom. The van der Waals surface area contributed by atoms with E-state index in [-0.39, 0.29) is 0 Å². The first-order valence-corrected chi connectivity index (χ1v) is 6.48.